The predicted octanol–water partition coefficient (Wildman–Crippen LogP) is 3.74. The zero-order valence-corrected chi connectivity index (χ0v) is 16.9. The van der Waals surface area contributed by atoms with Crippen LogP contribution in [0.25, 0.3) is 0 Å². The number of ketones is 2. The normalized spacial score (nSPS) is 19.4. The number of rotatable bonds is 11. The van der Waals surface area contributed by atoms with Gasteiger partial charge in [-0.15, -0.1) is 0 Å². The Morgan fingerprint density at radius 3 is 2.43 bits per heavy atom. The first-order chi connectivity index (χ1) is 13.5. The summed E-state index contributed by atoms with van der Waals surface area (Å²) in [5.74, 6) is 0.396. The van der Waals surface area contributed by atoms with Crippen molar-refractivity contribution in [2.45, 2.75) is 44.6 Å². The number of hydrogen-bond donors (Lipinski definition) is 0. The van der Waals surface area contributed by atoms with E-state index in [1.54, 1.807) is 6.20 Å². The average molecular weight is 379 g/mol. The summed E-state index contributed by atoms with van der Waals surface area (Å²) in [6.07, 6.45) is 6.07. The molecule has 1 aliphatic rings. The molecular weight excluding hydrogens is 348 g/mol. The second-order valence-corrected chi connectivity index (χ2v) is 8.07. The third kappa shape index (κ3) is 5.83. The summed E-state index contributed by atoms with van der Waals surface area (Å²) < 4.78 is 0. The molecule has 1 aliphatic carbocycles. The number of likely N-dealkylation sites (N-methyl/N-ethyl adjacent to an activating group) is 1. The summed E-state index contributed by atoms with van der Waals surface area (Å²) >= 11 is 0. The van der Waals surface area contributed by atoms with Crippen LogP contribution in [0.1, 0.15) is 36.9 Å². The highest BCUT2D eigenvalue weighted by atomic mass is 16.1. The number of pyridine rings is 1. The van der Waals surface area contributed by atoms with Crippen LogP contribution in [-0.4, -0.2) is 41.6 Å². The molecular formula is C24H30N2O2. The van der Waals surface area contributed by atoms with Gasteiger partial charge >= 0.3 is 0 Å². The number of aryl methyl sites for hydroxylation is 1. The zero-order valence-electron chi connectivity index (χ0n) is 16.9. The number of carbonyl (C=O) groups is 2. The van der Waals surface area contributed by atoms with E-state index < -0.39 is 0 Å². The van der Waals surface area contributed by atoms with E-state index in [0.717, 1.165) is 31.4 Å². The van der Waals surface area contributed by atoms with Gasteiger partial charge in [0.1, 0.15) is 11.6 Å². The molecule has 1 saturated carbocycles. The van der Waals surface area contributed by atoms with Gasteiger partial charge < -0.3 is 4.90 Å². The quantitative estimate of drug-likeness (QED) is 0.598. The van der Waals surface area contributed by atoms with Crippen molar-refractivity contribution < 1.29 is 9.59 Å². The molecule has 0 unspecified atom stereocenters. The van der Waals surface area contributed by atoms with Crippen molar-refractivity contribution in [3.8, 4) is 0 Å². The number of Topliss-reactive ketones (excluding diaryl/α,β-unsaturated/α-hetero) is 2. The molecule has 2 aromatic rings. The Kier molecular flexibility index (Phi) is 7.10. The Labute approximate surface area is 168 Å². The minimum atomic E-state index is -0.0550. The summed E-state index contributed by atoms with van der Waals surface area (Å²) in [6, 6.07) is 16.3. The van der Waals surface area contributed by atoms with Crippen LogP contribution >= 0.6 is 0 Å². The Hall–Kier alpha value is -2.33. The highest BCUT2D eigenvalue weighted by Crippen LogP contribution is 2.42. The minimum Gasteiger partial charge on any atom is -0.306 e. The number of benzene rings is 1. The monoisotopic (exact) mass is 378 g/mol. The molecule has 28 heavy (non-hydrogen) atoms. The van der Waals surface area contributed by atoms with Crippen LogP contribution in [0.15, 0.2) is 54.7 Å². The van der Waals surface area contributed by atoms with E-state index in [-0.39, 0.29) is 29.4 Å². The minimum absolute atomic E-state index is 0.0456. The maximum atomic E-state index is 12.7. The van der Waals surface area contributed by atoms with E-state index >= 15 is 0 Å². The molecule has 4 nitrogen and oxygen atoms in total. The molecule has 3 rings (SSSR count). The molecule has 1 fully saturated rings. The third-order valence-electron chi connectivity index (χ3n) is 5.68. The lowest BCUT2D eigenvalue weighted by atomic mass is 9.97. The fourth-order valence-electron chi connectivity index (χ4n) is 3.79. The molecule has 3 atom stereocenters. The lowest BCUT2D eigenvalue weighted by Crippen LogP contribution is -2.33. The molecule has 0 saturated heterocycles. The molecule has 1 aromatic heterocycles. The second-order valence-electron chi connectivity index (χ2n) is 8.07. The van der Waals surface area contributed by atoms with Gasteiger partial charge in [0.2, 0.25) is 0 Å². The largest absolute Gasteiger partial charge is 0.306 e. The van der Waals surface area contributed by atoms with Crippen molar-refractivity contribution in [2.75, 3.05) is 14.1 Å². The van der Waals surface area contributed by atoms with Gasteiger partial charge in [-0.2, -0.15) is 0 Å². The second kappa shape index (κ2) is 9.74. The predicted molar refractivity (Wildman–Crippen MR) is 111 cm³/mol. The molecule has 0 bridgehead atoms. The van der Waals surface area contributed by atoms with Crippen molar-refractivity contribution >= 4 is 11.6 Å². The number of nitrogens with zero attached hydrogens (tertiary/aromatic N) is 2. The van der Waals surface area contributed by atoms with Crippen LogP contribution in [0.4, 0.5) is 0 Å². The van der Waals surface area contributed by atoms with Crippen molar-refractivity contribution in [3.63, 3.8) is 0 Å². The summed E-state index contributed by atoms with van der Waals surface area (Å²) in [7, 11) is 4.04. The van der Waals surface area contributed by atoms with Crippen LogP contribution in [0.3, 0.4) is 0 Å². The molecule has 148 valence electrons. The van der Waals surface area contributed by atoms with E-state index in [4.69, 9.17) is 0 Å². The fourth-order valence-corrected chi connectivity index (χ4v) is 3.79. The van der Waals surface area contributed by atoms with Crippen molar-refractivity contribution in [3.05, 3.63) is 66.0 Å². The van der Waals surface area contributed by atoms with Gasteiger partial charge in [0.15, 0.2) is 0 Å². The molecule has 0 radical (unpaired) electrons. The third-order valence-corrected chi connectivity index (χ3v) is 5.68. The Balaban J connectivity index is 1.44. The van der Waals surface area contributed by atoms with Gasteiger partial charge in [-0.05, 0) is 57.5 Å². The molecule has 4 heteroatoms. The van der Waals surface area contributed by atoms with Crippen LogP contribution in [0.2, 0.25) is 0 Å². The van der Waals surface area contributed by atoms with Gasteiger partial charge in [0.05, 0.1) is 0 Å². The molecule has 1 heterocycles. The van der Waals surface area contributed by atoms with Crippen LogP contribution in [0.5, 0.6) is 0 Å². The Morgan fingerprint density at radius 2 is 1.75 bits per heavy atom. The van der Waals surface area contributed by atoms with Gasteiger partial charge in [-0.3, -0.25) is 14.6 Å². The molecule has 0 amide bonds. The van der Waals surface area contributed by atoms with E-state index in [9.17, 15) is 9.59 Å². The summed E-state index contributed by atoms with van der Waals surface area (Å²) in [6.45, 7) is 0. The lowest BCUT2D eigenvalue weighted by Gasteiger charge is -2.24. The van der Waals surface area contributed by atoms with Gasteiger partial charge in [0, 0.05) is 42.6 Å². The fraction of sp³-hybridized carbons (Fsp3) is 0.458. The number of carbonyl (C=O) groups excluding carboxylic acids is 2. The average Bonchev–Trinajstić information content (AvgIpc) is 3.50. The first-order valence-corrected chi connectivity index (χ1v) is 10.2. The van der Waals surface area contributed by atoms with E-state index in [0.29, 0.717) is 12.8 Å². The van der Waals surface area contributed by atoms with Gasteiger partial charge in [-0.1, -0.05) is 36.4 Å². The van der Waals surface area contributed by atoms with E-state index in [2.05, 4.69) is 22.0 Å². The van der Waals surface area contributed by atoms with E-state index in [1.165, 1.54) is 5.56 Å². The highest BCUT2D eigenvalue weighted by molar-refractivity contribution is 5.94. The first-order valence-electron chi connectivity index (χ1n) is 10.2. The number of aromatic nitrogens is 1. The maximum Gasteiger partial charge on any atom is 0.138 e. The molecule has 0 N–H and O–H groups in total. The summed E-state index contributed by atoms with van der Waals surface area (Å²) in [5, 5.41) is 0. The summed E-state index contributed by atoms with van der Waals surface area (Å²) in [5.41, 5.74) is 2.26. The van der Waals surface area contributed by atoms with E-state index in [1.807, 2.05) is 50.5 Å². The lowest BCUT2D eigenvalue weighted by molar-refractivity contribution is -0.125. The van der Waals surface area contributed by atoms with Crippen molar-refractivity contribution in [2.24, 2.45) is 11.8 Å². The smallest absolute Gasteiger partial charge is 0.138 e. The highest BCUT2D eigenvalue weighted by Gasteiger charge is 2.47. The Morgan fingerprint density at radius 1 is 1.04 bits per heavy atom. The summed E-state index contributed by atoms with van der Waals surface area (Å²) in [4.78, 5) is 31.6. The van der Waals surface area contributed by atoms with Crippen molar-refractivity contribution in [1.29, 1.82) is 0 Å². The number of hydrogen-bond acceptors (Lipinski definition) is 4. The molecule has 0 aliphatic heterocycles. The zero-order chi connectivity index (χ0) is 19.9. The van der Waals surface area contributed by atoms with Gasteiger partial charge in [0.25, 0.3) is 0 Å². The van der Waals surface area contributed by atoms with Crippen molar-refractivity contribution in [1.82, 2.24) is 9.88 Å². The van der Waals surface area contributed by atoms with Gasteiger partial charge in [-0.25, -0.2) is 0 Å². The van der Waals surface area contributed by atoms with Crippen LogP contribution < -0.4 is 0 Å². The molecule has 1 aromatic carbocycles. The maximum absolute atomic E-state index is 12.7. The standard InChI is InChI=1S/C24H30N2O2/c1-26(2)20(15-18-9-4-3-5-10-18)16-24(28)22-17-21(22)23(27)13-8-12-19-11-6-7-14-25-19/h3-7,9-11,14,20-22H,8,12-13,15-17H2,1-2H3/t20-,21+,22+/m1/s1. The molecule has 0 spiro atoms. The SMILES string of the molecule is CN(C)[C@@H](CC(=O)[C@H]1C[C@@H]1C(=O)CCCc1ccccn1)Cc1ccccc1. The Bertz CT molecular complexity index is 774. The van der Waals surface area contributed by atoms with Crippen LogP contribution in [-0.2, 0) is 22.4 Å². The van der Waals surface area contributed by atoms with Crippen LogP contribution in [0, 0.1) is 11.8 Å². The first kappa shape index (κ1) is 20.4. The topological polar surface area (TPSA) is 50.3 Å².